The molecule has 164 valence electrons. The molecule has 0 saturated carbocycles. The van der Waals surface area contributed by atoms with E-state index in [0.717, 1.165) is 17.1 Å². The van der Waals surface area contributed by atoms with Crippen molar-refractivity contribution in [3.05, 3.63) is 42.0 Å². The molecule has 0 radical (unpaired) electrons. The lowest BCUT2D eigenvalue weighted by Gasteiger charge is -2.19. The molecule has 30 heavy (non-hydrogen) atoms. The summed E-state index contributed by atoms with van der Waals surface area (Å²) in [5.41, 5.74) is 0.865. The zero-order valence-electron chi connectivity index (χ0n) is 18.4. The smallest absolute Gasteiger partial charge is 0.191 e. The monoisotopic (exact) mass is 417 g/mol. The maximum Gasteiger partial charge on any atom is 0.191 e. The standard InChI is InChI=1S/C22H31N3O5/c1-15(30-17-9-7-8-16(10-17)26-3)13-24-22(23-2)25-14-19-20(28-5)11-18(27-4)12-21(19)29-6/h7-12,15H,13-14H2,1-6H3,(H2,23,24,25). The van der Waals surface area contributed by atoms with Gasteiger partial charge in [-0.05, 0) is 19.1 Å². The van der Waals surface area contributed by atoms with E-state index in [1.165, 1.54) is 0 Å². The van der Waals surface area contributed by atoms with Crippen LogP contribution in [0.5, 0.6) is 28.7 Å². The van der Waals surface area contributed by atoms with Gasteiger partial charge in [-0.15, -0.1) is 0 Å². The second-order valence-electron chi connectivity index (χ2n) is 6.42. The summed E-state index contributed by atoms with van der Waals surface area (Å²) in [4.78, 5) is 4.27. The molecule has 2 aromatic carbocycles. The zero-order valence-corrected chi connectivity index (χ0v) is 18.4. The SMILES string of the molecule is CN=C(NCc1c(OC)cc(OC)cc1OC)NCC(C)Oc1cccc(OC)c1. The molecule has 0 heterocycles. The number of nitrogens with one attached hydrogen (secondary N) is 2. The van der Waals surface area contributed by atoms with Gasteiger partial charge in [0.1, 0.15) is 34.9 Å². The second kappa shape index (κ2) is 11.6. The number of benzene rings is 2. The summed E-state index contributed by atoms with van der Waals surface area (Å²) in [7, 11) is 8.18. The lowest BCUT2D eigenvalue weighted by Crippen LogP contribution is -2.41. The van der Waals surface area contributed by atoms with Crippen molar-refractivity contribution in [1.29, 1.82) is 0 Å². The van der Waals surface area contributed by atoms with Crippen LogP contribution in [-0.4, -0.2) is 54.1 Å². The zero-order chi connectivity index (χ0) is 21.9. The van der Waals surface area contributed by atoms with Gasteiger partial charge in [0.15, 0.2) is 5.96 Å². The molecule has 8 heteroatoms. The lowest BCUT2D eigenvalue weighted by atomic mass is 10.1. The summed E-state index contributed by atoms with van der Waals surface area (Å²) in [6.07, 6.45) is -0.0827. The van der Waals surface area contributed by atoms with Crippen molar-refractivity contribution in [3.63, 3.8) is 0 Å². The van der Waals surface area contributed by atoms with Crippen molar-refractivity contribution in [2.45, 2.75) is 19.6 Å². The molecule has 2 N–H and O–H groups in total. The Morgan fingerprint density at radius 1 is 0.867 bits per heavy atom. The summed E-state index contributed by atoms with van der Waals surface area (Å²) in [5.74, 6) is 4.15. The fourth-order valence-electron chi connectivity index (χ4n) is 2.83. The number of aliphatic imine (C=N–C) groups is 1. The lowest BCUT2D eigenvalue weighted by molar-refractivity contribution is 0.223. The molecule has 0 fully saturated rings. The number of ether oxygens (including phenoxy) is 5. The van der Waals surface area contributed by atoms with Gasteiger partial charge in [-0.25, -0.2) is 0 Å². The van der Waals surface area contributed by atoms with Crippen LogP contribution in [0, 0.1) is 0 Å². The highest BCUT2D eigenvalue weighted by Gasteiger charge is 2.14. The molecule has 0 aromatic heterocycles. The minimum Gasteiger partial charge on any atom is -0.497 e. The molecule has 0 bridgehead atoms. The fraction of sp³-hybridized carbons (Fsp3) is 0.409. The van der Waals surface area contributed by atoms with Crippen LogP contribution in [0.2, 0.25) is 0 Å². The van der Waals surface area contributed by atoms with Crippen LogP contribution in [-0.2, 0) is 6.54 Å². The molecular formula is C22H31N3O5. The minimum atomic E-state index is -0.0827. The van der Waals surface area contributed by atoms with Crippen LogP contribution in [0.15, 0.2) is 41.4 Å². The van der Waals surface area contributed by atoms with Gasteiger partial charge in [0.2, 0.25) is 0 Å². The first-order chi connectivity index (χ1) is 14.5. The van der Waals surface area contributed by atoms with E-state index < -0.39 is 0 Å². The van der Waals surface area contributed by atoms with E-state index in [2.05, 4.69) is 15.6 Å². The predicted molar refractivity (Wildman–Crippen MR) is 117 cm³/mol. The van der Waals surface area contributed by atoms with Gasteiger partial charge in [0.25, 0.3) is 0 Å². The number of hydrogen-bond donors (Lipinski definition) is 2. The molecule has 8 nitrogen and oxygen atoms in total. The predicted octanol–water partition coefficient (Wildman–Crippen LogP) is 2.85. The molecule has 0 aliphatic carbocycles. The van der Waals surface area contributed by atoms with Crippen molar-refractivity contribution in [2.75, 3.05) is 42.0 Å². The highest BCUT2D eigenvalue weighted by molar-refractivity contribution is 5.79. The quantitative estimate of drug-likeness (QED) is 0.454. The van der Waals surface area contributed by atoms with Gasteiger partial charge in [-0.2, -0.15) is 0 Å². The Morgan fingerprint density at radius 3 is 2.07 bits per heavy atom. The van der Waals surface area contributed by atoms with Crippen LogP contribution in [0.25, 0.3) is 0 Å². The maximum atomic E-state index is 5.93. The van der Waals surface area contributed by atoms with Crippen molar-refractivity contribution >= 4 is 5.96 Å². The number of hydrogen-bond acceptors (Lipinski definition) is 6. The van der Waals surface area contributed by atoms with Gasteiger partial charge in [0, 0.05) is 25.2 Å². The summed E-state index contributed by atoms with van der Waals surface area (Å²) in [6.45, 7) is 3.00. The summed E-state index contributed by atoms with van der Waals surface area (Å²) in [6, 6.07) is 11.2. The maximum absolute atomic E-state index is 5.93. The third-order valence-electron chi connectivity index (χ3n) is 4.41. The van der Waals surface area contributed by atoms with E-state index in [4.69, 9.17) is 23.7 Å². The van der Waals surface area contributed by atoms with E-state index >= 15 is 0 Å². The number of guanidine groups is 1. The Hall–Kier alpha value is -3.29. The Morgan fingerprint density at radius 2 is 1.50 bits per heavy atom. The average molecular weight is 418 g/mol. The highest BCUT2D eigenvalue weighted by atomic mass is 16.5. The van der Waals surface area contributed by atoms with Crippen LogP contribution in [0.4, 0.5) is 0 Å². The van der Waals surface area contributed by atoms with Crippen LogP contribution < -0.4 is 34.3 Å². The second-order valence-corrected chi connectivity index (χ2v) is 6.42. The van der Waals surface area contributed by atoms with Gasteiger partial charge in [0.05, 0.1) is 47.1 Å². The van der Waals surface area contributed by atoms with E-state index in [1.54, 1.807) is 35.5 Å². The van der Waals surface area contributed by atoms with Crippen molar-refractivity contribution in [2.24, 2.45) is 4.99 Å². The summed E-state index contributed by atoms with van der Waals surface area (Å²) < 4.78 is 27.4. The topological polar surface area (TPSA) is 82.6 Å². The molecule has 0 amide bonds. The largest absolute Gasteiger partial charge is 0.497 e. The molecule has 1 atom stereocenters. The third-order valence-corrected chi connectivity index (χ3v) is 4.41. The van der Waals surface area contributed by atoms with Gasteiger partial charge in [-0.3, -0.25) is 4.99 Å². The normalized spacial score (nSPS) is 12.0. The summed E-state index contributed by atoms with van der Waals surface area (Å²) in [5, 5.41) is 6.53. The van der Waals surface area contributed by atoms with E-state index in [-0.39, 0.29) is 6.10 Å². The molecule has 1 unspecified atom stereocenters. The number of nitrogens with zero attached hydrogens (tertiary/aromatic N) is 1. The molecule has 2 rings (SSSR count). The third kappa shape index (κ3) is 6.37. The number of methoxy groups -OCH3 is 4. The number of rotatable bonds is 10. The molecule has 0 saturated heterocycles. The van der Waals surface area contributed by atoms with E-state index in [9.17, 15) is 0 Å². The summed E-state index contributed by atoms with van der Waals surface area (Å²) >= 11 is 0. The van der Waals surface area contributed by atoms with Gasteiger partial charge >= 0.3 is 0 Å². The van der Waals surface area contributed by atoms with Crippen molar-refractivity contribution in [3.8, 4) is 28.7 Å². The first-order valence-electron chi connectivity index (χ1n) is 9.58. The molecule has 0 aliphatic rings. The molecule has 0 aliphatic heterocycles. The van der Waals surface area contributed by atoms with Gasteiger partial charge < -0.3 is 34.3 Å². The van der Waals surface area contributed by atoms with Crippen molar-refractivity contribution in [1.82, 2.24) is 10.6 Å². The Kier molecular flexibility index (Phi) is 8.93. The Labute approximate surface area is 178 Å². The molecule has 2 aromatic rings. The Bertz CT molecular complexity index is 816. The van der Waals surface area contributed by atoms with Crippen LogP contribution in [0.1, 0.15) is 12.5 Å². The van der Waals surface area contributed by atoms with E-state index in [1.807, 2.05) is 43.3 Å². The Balaban J connectivity index is 1.95. The average Bonchev–Trinajstić information content (AvgIpc) is 2.78. The van der Waals surface area contributed by atoms with Crippen LogP contribution in [0.3, 0.4) is 0 Å². The fourth-order valence-corrected chi connectivity index (χ4v) is 2.83. The highest BCUT2D eigenvalue weighted by Crippen LogP contribution is 2.33. The van der Waals surface area contributed by atoms with E-state index in [0.29, 0.717) is 36.3 Å². The van der Waals surface area contributed by atoms with Crippen molar-refractivity contribution < 1.29 is 23.7 Å². The first kappa shape index (κ1) is 23.0. The molecule has 0 spiro atoms. The van der Waals surface area contributed by atoms with Gasteiger partial charge in [-0.1, -0.05) is 6.07 Å². The van der Waals surface area contributed by atoms with Crippen LogP contribution >= 0.6 is 0 Å². The minimum absolute atomic E-state index is 0.0827. The molecular weight excluding hydrogens is 386 g/mol. The first-order valence-corrected chi connectivity index (χ1v) is 9.58.